The standard InChI is InChI=1S/C23H44N4O/c1-22(2,3)26-13-7-19(8-14-26)17-24-11-9-20(10-12-24)25-15-16-27(21(28)18-25)23(4,5)6/h19-20H,7-18H2,1-6H3. The second-order valence-corrected chi connectivity index (χ2v) is 11.3. The van der Waals surface area contributed by atoms with E-state index in [-0.39, 0.29) is 5.54 Å². The highest BCUT2D eigenvalue weighted by Crippen LogP contribution is 2.27. The van der Waals surface area contributed by atoms with Crippen LogP contribution in [-0.2, 0) is 4.79 Å². The van der Waals surface area contributed by atoms with Crippen LogP contribution in [0.4, 0.5) is 0 Å². The summed E-state index contributed by atoms with van der Waals surface area (Å²) in [6, 6.07) is 0.602. The van der Waals surface area contributed by atoms with Crippen molar-refractivity contribution in [2.75, 3.05) is 52.4 Å². The van der Waals surface area contributed by atoms with Crippen LogP contribution >= 0.6 is 0 Å². The first-order valence-electron chi connectivity index (χ1n) is 11.6. The van der Waals surface area contributed by atoms with E-state index < -0.39 is 0 Å². The van der Waals surface area contributed by atoms with E-state index in [0.717, 1.165) is 19.0 Å². The molecule has 0 saturated carbocycles. The van der Waals surface area contributed by atoms with E-state index >= 15 is 0 Å². The third kappa shape index (κ3) is 5.48. The lowest BCUT2D eigenvalue weighted by Gasteiger charge is -2.46. The number of hydrogen-bond donors (Lipinski definition) is 0. The molecule has 1 amide bonds. The van der Waals surface area contributed by atoms with Crippen molar-refractivity contribution in [3.63, 3.8) is 0 Å². The van der Waals surface area contributed by atoms with Crippen molar-refractivity contribution in [1.29, 1.82) is 0 Å². The van der Waals surface area contributed by atoms with Gasteiger partial charge in [0, 0.05) is 36.8 Å². The van der Waals surface area contributed by atoms with Crippen LogP contribution < -0.4 is 0 Å². The highest BCUT2D eigenvalue weighted by atomic mass is 16.2. The van der Waals surface area contributed by atoms with Crippen molar-refractivity contribution < 1.29 is 4.79 Å². The second-order valence-electron chi connectivity index (χ2n) is 11.3. The molecule has 5 heteroatoms. The summed E-state index contributed by atoms with van der Waals surface area (Å²) in [5.41, 5.74) is 0.271. The van der Waals surface area contributed by atoms with Crippen LogP contribution in [0.1, 0.15) is 67.2 Å². The van der Waals surface area contributed by atoms with Crippen molar-refractivity contribution in [3.05, 3.63) is 0 Å². The van der Waals surface area contributed by atoms with Crippen LogP contribution in [0.3, 0.4) is 0 Å². The molecule has 0 N–H and O–H groups in total. The van der Waals surface area contributed by atoms with Gasteiger partial charge in [-0.3, -0.25) is 14.6 Å². The van der Waals surface area contributed by atoms with Gasteiger partial charge in [0.15, 0.2) is 0 Å². The molecule has 0 atom stereocenters. The predicted molar refractivity (Wildman–Crippen MR) is 117 cm³/mol. The fourth-order valence-electron chi connectivity index (χ4n) is 5.33. The van der Waals surface area contributed by atoms with Crippen LogP contribution in [0.15, 0.2) is 0 Å². The molecule has 3 heterocycles. The lowest BCUT2D eigenvalue weighted by molar-refractivity contribution is -0.143. The highest BCUT2D eigenvalue weighted by Gasteiger charge is 2.35. The zero-order valence-electron chi connectivity index (χ0n) is 19.3. The fourth-order valence-corrected chi connectivity index (χ4v) is 5.33. The molecule has 5 nitrogen and oxygen atoms in total. The van der Waals surface area contributed by atoms with E-state index in [1.165, 1.54) is 58.4 Å². The van der Waals surface area contributed by atoms with E-state index in [1.807, 2.05) is 0 Å². The molecule has 162 valence electrons. The monoisotopic (exact) mass is 392 g/mol. The summed E-state index contributed by atoms with van der Waals surface area (Å²) < 4.78 is 0. The largest absolute Gasteiger partial charge is 0.335 e. The third-order valence-electron chi connectivity index (χ3n) is 7.21. The lowest BCUT2D eigenvalue weighted by Crippen LogP contribution is -2.60. The van der Waals surface area contributed by atoms with Gasteiger partial charge in [0.05, 0.1) is 6.54 Å². The van der Waals surface area contributed by atoms with Gasteiger partial charge in [-0.1, -0.05) is 0 Å². The Bertz CT molecular complexity index is 520. The number of hydrogen-bond acceptors (Lipinski definition) is 4. The highest BCUT2D eigenvalue weighted by molar-refractivity contribution is 5.79. The van der Waals surface area contributed by atoms with Crippen molar-refractivity contribution in [2.45, 2.75) is 84.3 Å². The minimum absolute atomic E-state index is 0.0465. The summed E-state index contributed by atoms with van der Waals surface area (Å²) in [4.78, 5) is 22.4. The Hall–Kier alpha value is -0.650. The molecule has 0 radical (unpaired) electrons. The van der Waals surface area contributed by atoms with Crippen LogP contribution in [0.2, 0.25) is 0 Å². The molecular weight excluding hydrogens is 348 g/mol. The second kappa shape index (κ2) is 8.61. The molecule has 28 heavy (non-hydrogen) atoms. The van der Waals surface area contributed by atoms with Crippen molar-refractivity contribution >= 4 is 5.91 Å². The number of piperidine rings is 2. The van der Waals surface area contributed by atoms with E-state index in [1.54, 1.807) is 0 Å². The summed E-state index contributed by atoms with van der Waals surface area (Å²) in [7, 11) is 0. The SMILES string of the molecule is CC(C)(C)N1CCC(CN2CCC(N3CCN(C(C)(C)C)C(=O)C3)CC2)CC1. The Morgan fingerprint density at radius 2 is 1.39 bits per heavy atom. The zero-order chi connectivity index (χ0) is 20.5. The lowest BCUT2D eigenvalue weighted by atomic mass is 9.91. The topological polar surface area (TPSA) is 30.0 Å². The fraction of sp³-hybridized carbons (Fsp3) is 0.957. The molecule has 0 spiro atoms. The molecule has 0 aliphatic carbocycles. The van der Waals surface area contributed by atoms with E-state index in [4.69, 9.17) is 0 Å². The Labute approximate surface area is 173 Å². The van der Waals surface area contributed by atoms with Crippen molar-refractivity contribution in [3.8, 4) is 0 Å². The average Bonchev–Trinajstić information content (AvgIpc) is 2.61. The van der Waals surface area contributed by atoms with E-state index in [9.17, 15) is 4.79 Å². The van der Waals surface area contributed by atoms with E-state index in [2.05, 4.69) is 61.1 Å². The van der Waals surface area contributed by atoms with Gasteiger partial charge < -0.3 is 9.80 Å². The third-order valence-corrected chi connectivity index (χ3v) is 7.21. The van der Waals surface area contributed by atoms with Crippen LogP contribution in [-0.4, -0.2) is 95.0 Å². The van der Waals surface area contributed by atoms with Gasteiger partial charge in [-0.05, 0) is 99.3 Å². The first-order chi connectivity index (χ1) is 13.0. The van der Waals surface area contributed by atoms with Gasteiger partial charge in [0.2, 0.25) is 5.91 Å². The van der Waals surface area contributed by atoms with Gasteiger partial charge in [-0.15, -0.1) is 0 Å². The smallest absolute Gasteiger partial charge is 0.237 e. The van der Waals surface area contributed by atoms with Gasteiger partial charge in [0.25, 0.3) is 0 Å². The Kier molecular flexibility index (Phi) is 6.78. The number of nitrogens with zero attached hydrogens (tertiary/aromatic N) is 4. The minimum Gasteiger partial charge on any atom is -0.335 e. The molecule has 0 aromatic rings. The molecule has 3 aliphatic heterocycles. The maximum absolute atomic E-state index is 12.6. The number of piperazine rings is 1. The Morgan fingerprint density at radius 3 is 1.89 bits per heavy atom. The number of likely N-dealkylation sites (tertiary alicyclic amines) is 2. The summed E-state index contributed by atoms with van der Waals surface area (Å²) in [5, 5.41) is 0. The number of carbonyl (C=O) groups is 1. The molecule has 0 bridgehead atoms. The maximum atomic E-state index is 12.6. The molecule has 3 fully saturated rings. The minimum atomic E-state index is -0.0465. The zero-order valence-corrected chi connectivity index (χ0v) is 19.3. The summed E-state index contributed by atoms with van der Waals surface area (Å²) in [6.45, 7) is 22.2. The summed E-state index contributed by atoms with van der Waals surface area (Å²) in [5.74, 6) is 1.18. The quantitative estimate of drug-likeness (QED) is 0.739. The first kappa shape index (κ1) is 22.0. The normalized spacial score (nSPS) is 26.2. The first-order valence-corrected chi connectivity index (χ1v) is 11.6. The molecule has 0 aromatic carbocycles. The molecule has 3 aliphatic rings. The Balaban J connectivity index is 1.39. The van der Waals surface area contributed by atoms with Crippen molar-refractivity contribution in [2.24, 2.45) is 5.92 Å². The van der Waals surface area contributed by atoms with E-state index in [0.29, 0.717) is 24.0 Å². The van der Waals surface area contributed by atoms with Crippen LogP contribution in [0.25, 0.3) is 0 Å². The van der Waals surface area contributed by atoms with Gasteiger partial charge >= 0.3 is 0 Å². The summed E-state index contributed by atoms with van der Waals surface area (Å²) in [6.07, 6.45) is 5.15. The Morgan fingerprint density at radius 1 is 0.786 bits per heavy atom. The number of rotatable bonds is 3. The molecule has 0 aromatic heterocycles. The number of amides is 1. The van der Waals surface area contributed by atoms with Crippen LogP contribution in [0, 0.1) is 5.92 Å². The number of carbonyl (C=O) groups excluding carboxylic acids is 1. The molecule has 3 saturated heterocycles. The predicted octanol–water partition coefficient (Wildman–Crippen LogP) is 2.90. The van der Waals surface area contributed by atoms with Gasteiger partial charge in [0.1, 0.15) is 0 Å². The molecule has 3 rings (SSSR count). The maximum Gasteiger partial charge on any atom is 0.237 e. The molecular formula is C23H44N4O. The van der Waals surface area contributed by atoms with Crippen molar-refractivity contribution in [1.82, 2.24) is 19.6 Å². The summed E-state index contributed by atoms with van der Waals surface area (Å²) >= 11 is 0. The average molecular weight is 393 g/mol. The van der Waals surface area contributed by atoms with Gasteiger partial charge in [-0.2, -0.15) is 0 Å². The van der Waals surface area contributed by atoms with Gasteiger partial charge in [-0.25, -0.2) is 0 Å². The molecule has 0 unspecified atom stereocenters. The van der Waals surface area contributed by atoms with Crippen LogP contribution in [0.5, 0.6) is 0 Å².